The van der Waals surface area contributed by atoms with Crippen LogP contribution in [0, 0.1) is 0 Å². The molecule has 0 saturated carbocycles. The molecular weight excluding hydrogens is 509 g/mol. The van der Waals surface area contributed by atoms with Gasteiger partial charge in [-0.25, -0.2) is 0 Å². The number of nitrogens with one attached hydrogen (secondary N) is 1. The Hall–Kier alpha value is -2.10. The van der Waals surface area contributed by atoms with E-state index in [1.165, 1.54) is 12.1 Å². The molecule has 0 unspecified atom stereocenters. The first-order valence-electron chi connectivity index (χ1n) is 12.4. The summed E-state index contributed by atoms with van der Waals surface area (Å²) in [7, 11) is 0. The number of hydrogen-bond donors (Lipinski definition) is 1. The van der Waals surface area contributed by atoms with Crippen LogP contribution >= 0.6 is 23.4 Å². The van der Waals surface area contributed by atoms with Crippen molar-refractivity contribution in [2.45, 2.75) is 42.1 Å². The Morgan fingerprint density at radius 1 is 0.944 bits per heavy atom. The van der Waals surface area contributed by atoms with Crippen molar-refractivity contribution in [2.75, 3.05) is 55.6 Å². The van der Waals surface area contributed by atoms with Crippen molar-refractivity contribution in [3.8, 4) is 0 Å². The number of carbonyl (C=O) groups is 1. The summed E-state index contributed by atoms with van der Waals surface area (Å²) in [5, 5.41) is 3.92. The third-order valence-corrected chi connectivity index (χ3v) is 7.69. The third-order valence-electron chi connectivity index (χ3n) is 6.72. The fourth-order valence-electron chi connectivity index (χ4n) is 4.81. The van der Waals surface area contributed by atoms with Crippen LogP contribution in [0.1, 0.15) is 25.7 Å². The van der Waals surface area contributed by atoms with Crippen molar-refractivity contribution in [3.63, 3.8) is 0 Å². The largest absolute Gasteiger partial charge is 0.446 e. The predicted molar refractivity (Wildman–Crippen MR) is 141 cm³/mol. The average Bonchev–Trinajstić information content (AvgIpc) is 2.84. The summed E-state index contributed by atoms with van der Waals surface area (Å²) in [6.07, 6.45) is 3.02. The molecule has 0 spiro atoms. The second kappa shape index (κ2) is 12.4. The van der Waals surface area contributed by atoms with Gasteiger partial charge in [-0.2, -0.15) is 13.2 Å². The van der Waals surface area contributed by atoms with Gasteiger partial charge in [0.2, 0.25) is 5.91 Å². The fourth-order valence-corrected chi connectivity index (χ4v) is 5.53. The maximum atomic E-state index is 12.5. The summed E-state index contributed by atoms with van der Waals surface area (Å²) in [4.78, 5) is 19.6. The Morgan fingerprint density at radius 2 is 1.61 bits per heavy atom. The monoisotopic (exact) mass is 540 g/mol. The van der Waals surface area contributed by atoms with Crippen molar-refractivity contribution in [2.24, 2.45) is 0 Å². The molecule has 5 nitrogen and oxygen atoms in total. The van der Waals surface area contributed by atoms with Crippen LogP contribution < -0.4 is 15.1 Å². The maximum Gasteiger partial charge on any atom is 0.446 e. The number of nitrogens with zero attached hydrogens (tertiary/aromatic N) is 3. The van der Waals surface area contributed by atoms with Gasteiger partial charge in [-0.1, -0.05) is 17.7 Å². The van der Waals surface area contributed by atoms with Crippen molar-refractivity contribution in [1.29, 1.82) is 0 Å². The standard InChI is InChI=1S/C26H32ClF3N4OS/c27-20-3-1-4-23(19-20)34-17-15-32(16-18-34)12-2-5-25(35)31-21-10-13-33(14-11-21)22-6-8-24(9-7-22)36-26(28,29)30/h1,3-4,6-9,19,21H,2,5,10-18H2,(H,31,35). The molecule has 1 amide bonds. The number of benzene rings is 2. The van der Waals surface area contributed by atoms with Gasteiger partial charge in [-0.05, 0) is 80.0 Å². The predicted octanol–water partition coefficient (Wildman–Crippen LogP) is 5.64. The Bertz CT molecular complexity index is 991. The summed E-state index contributed by atoms with van der Waals surface area (Å²) in [6, 6.07) is 14.6. The van der Waals surface area contributed by atoms with Gasteiger partial charge in [-0.3, -0.25) is 9.69 Å². The Balaban J connectivity index is 1.10. The summed E-state index contributed by atoms with van der Waals surface area (Å²) in [5.41, 5.74) is -2.20. The van der Waals surface area contributed by atoms with E-state index in [-0.39, 0.29) is 28.6 Å². The average molecular weight is 541 g/mol. The minimum absolute atomic E-state index is 0.0968. The Morgan fingerprint density at radius 3 is 2.25 bits per heavy atom. The number of rotatable bonds is 8. The molecule has 196 valence electrons. The summed E-state index contributed by atoms with van der Waals surface area (Å²) in [6.45, 7) is 6.31. The molecule has 36 heavy (non-hydrogen) atoms. The first-order valence-corrected chi connectivity index (χ1v) is 13.6. The molecule has 0 aliphatic carbocycles. The molecule has 2 fully saturated rings. The number of alkyl halides is 3. The molecule has 4 rings (SSSR count). The fraction of sp³-hybridized carbons (Fsp3) is 0.500. The highest BCUT2D eigenvalue weighted by Gasteiger charge is 2.29. The van der Waals surface area contributed by atoms with Crippen LogP contribution in [0.5, 0.6) is 0 Å². The van der Waals surface area contributed by atoms with Crippen LogP contribution in [-0.2, 0) is 4.79 Å². The normalized spacial score (nSPS) is 17.9. The second-order valence-electron chi connectivity index (χ2n) is 9.28. The van der Waals surface area contributed by atoms with Crippen LogP contribution in [0.2, 0.25) is 5.02 Å². The molecule has 2 aromatic carbocycles. The van der Waals surface area contributed by atoms with Gasteiger partial charge in [0, 0.05) is 73.0 Å². The van der Waals surface area contributed by atoms with E-state index in [9.17, 15) is 18.0 Å². The molecule has 2 saturated heterocycles. The number of piperidine rings is 1. The minimum Gasteiger partial charge on any atom is -0.371 e. The van der Waals surface area contributed by atoms with Crippen LogP contribution in [0.25, 0.3) is 0 Å². The quantitative estimate of drug-likeness (QED) is 0.439. The van der Waals surface area contributed by atoms with Crippen molar-refractivity contribution in [1.82, 2.24) is 10.2 Å². The van der Waals surface area contributed by atoms with Gasteiger partial charge in [0.25, 0.3) is 0 Å². The smallest absolute Gasteiger partial charge is 0.371 e. The van der Waals surface area contributed by atoms with Gasteiger partial charge >= 0.3 is 5.51 Å². The van der Waals surface area contributed by atoms with E-state index in [4.69, 9.17) is 11.6 Å². The lowest BCUT2D eigenvalue weighted by atomic mass is 10.0. The second-order valence-corrected chi connectivity index (χ2v) is 10.9. The van der Waals surface area contributed by atoms with Gasteiger partial charge < -0.3 is 15.1 Å². The van der Waals surface area contributed by atoms with Crippen molar-refractivity contribution >= 4 is 40.6 Å². The van der Waals surface area contributed by atoms with Gasteiger partial charge in [0.1, 0.15) is 0 Å². The number of carbonyl (C=O) groups excluding carboxylic acids is 1. The van der Waals surface area contributed by atoms with E-state index >= 15 is 0 Å². The highest BCUT2D eigenvalue weighted by molar-refractivity contribution is 8.00. The molecule has 2 aliphatic rings. The highest BCUT2D eigenvalue weighted by Crippen LogP contribution is 2.37. The molecule has 0 bridgehead atoms. The lowest BCUT2D eigenvalue weighted by Crippen LogP contribution is -2.47. The summed E-state index contributed by atoms with van der Waals surface area (Å²) < 4.78 is 37.5. The topological polar surface area (TPSA) is 38.8 Å². The van der Waals surface area contributed by atoms with Gasteiger partial charge in [0.05, 0.1) is 0 Å². The maximum absolute atomic E-state index is 12.5. The summed E-state index contributed by atoms with van der Waals surface area (Å²) in [5.74, 6) is 0.0968. The van der Waals surface area contributed by atoms with Gasteiger partial charge in [0.15, 0.2) is 0 Å². The zero-order chi connectivity index (χ0) is 25.5. The Labute approximate surface area is 219 Å². The number of halogens is 4. The van der Waals surface area contributed by atoms with E-state index in [1.54, 1.807) is 12.1 Å². The van der Waals surface area contributed by atoms with Gasteiger partial charge in [-0.15, -0.1) is 0 Å². The van der Waals surface area contributed by atoms with E-state index in [2.05, 4.69) is 26.1 Å². The number of piperazine rings is 1. The van der Waals surface area contributed by atoms with E-state index in [1.807, 2.05) is 18.2 Å². The van der Waals surface area contributed by atoms with Crippen LogP contribution in [0.3, 0.4) is 0 Å². The number of amides is 1. The van der Waals surface area contributed by atoms with Crippen molar-refractivity contribution in [3.05, 3.63) is 53.6 Å². The van der Waals surface area contributed by atoms with Crippen LogP contribution in [0.4, 0.5) is 24.5 Å². The molecule has 0 aromatic heterocycles. The van der Waals surface area contributed by atoms with E-state index in [0.29, 0.717) is 6.42 Å². The zero-order valence-corrected chi connectivity index (χ0v) is 21.7. The zero-order valence-electron chi connectivity index (χ0n) is 20.1. The molecule has 0 radical (unpaired) electrons. The molecule has 2 aromatic rings. The van der Waals surface area contributed by atoms with E-state index < -0.39 is 5.51 Å². The first-order chi connectivity index (χ1) is 17.2. The highest BCUT2D eigenvalue weighted by atomic mass is 35.5. The third kappa shape index (κ3) is 8.21. The number of anilines is 2. The lowest BCUT2D eigenvalue weighted by Gasteiger charge is -2.36. The van der Waals surface area contributed by atoms with Crippen molar-refractivity contribution < 1.29 is 18.0 Å². The molecule has 2 heterocycles. The molecule has 1 N–H and O–H groups in total. The Kier molecular flexibility index (Phi) is 9.30. The molecule has 2 aliphatic heterocycles. The lowest BCUT2D eigenvalue weighted by molar-refractivity contribution is -0.122. The SMILES string of the molecule is O=C(CCCN1CCN(c2cccc(Cl)c2)CC1)NC1CCN(c2ccc(SC(F)(F)F)cc2)CC1. The van der Waals surface area contributed by atoms with E-state index in [0.717, 1.165) is 81.5 Å². The minimum atomic E-state index is -4.27. The summed E-state index contributed by atoms with van der Waals surface area (Å²) >= 11 is 6.01. The molecule has 0 atom stereocenters. The molecule has 10 heteroatoms. The number of thioether (sulfide) groups is 1. The number of hydrogen-bond acceptors (Lipinski definition) is 5. The van der Waals surface area contributed by atoms with Crippen LogP contribution in [0.15, 0.2) is 53.4 Å². The molecular formula is C26H32ClF3N4OS. The van der Waals surface area contributed by atoms with Crippen LogP contribution in [-0.4, -0.2) is 68.2 Å². The first kappa shape index (κ1) is 26.9.